The number of morpholine rings is 1. The third-order valence-corrected chi connectivity index (χ3v) is 3.94. The molecule has 1 unspecified atom stereocenters. The minimum absolute atomic E-state index is 0.193. The Morgan fingerprint density at radius 1 is 1.20 bits per heavy atom. The summed E-state index contributed by atoms with van der Waals surface area (Å²) in [6.07, 6.45) is 3.54. The minimum Gasteiger partial charge on any atom is -0.364 e. The third-order valence-electron chi connectivity index (χ3n) is 3.94. The normalized spacial score (nSPS) is 23.4. The number of hydrazine groups is 1. The molecule has 3 atom stereocenters. The van der Waals surface area contributed by atoms with Crippen LogP contribution in [0.2, 0.25) is 0 Å². The number of hydrogen-bond donors (Lipinski definition) is 3. The van der Waals surface area contributed by atoms with Crippen molar-refractivity contribution in [1.82, 2.24) is 10.9 Å². The Labute approximate surface area is 147 Å². The molecular weight excluding hydrogens is 325 g/mol. The first-order chi connectivity index (χ1) is 11.9. The van der Waals surface area contributed by atoms with Crippen LogP contribution in [0.15, 0.2) is 30.3 Å². The number of hydrogen-bond acceptors (Lipinski definition) is 3. The number of halogens is 1. The first-order valence-electron chi connectivity index (χ1n) is 8.44. The summed E-state index contributed by atoms with van der Waals surface area (Å²) in [5, 5.41) is 0. The Balaban J connectivity index is 1.67. The molecule has 0 spiro atoms. The van der Waals surface area contributed by atoms with Gasteiger partial charge in [-0.05, 0) is 37.6 Å². The van der Waals surface area contributed by atoms with E-state index in [1.807, 2.05) is 13.8 Å². The SMILES string of the molecule is C[C@@H]1C[NH+](CCC(=O)NNC(=O)/C=C/c2ccc(F)cc2)C[C@H](C)O1. The molecule has 1 aromatic rings. The van der Waals surface area contributed by atoms with Crippen LogP contribution >= 0.6 is 0 Å². The Morgan fingerprint density at radius 3 is 2.48 bits per heavy atom. The number of rotatable bonds is 5. The molecule has 0 aromatic heterocycles. The molecule has 1 fully saturated rings. The Bertz CT molecular complexity index is 608. The molecule has 6 nitrogen and oxygen atoms in total. The highest BCUT2D eigenvalue weighted by Crippen LogP contribution is 2.04. The van der Waals surface area contributed by atoms with Gasteiger partial charge in [-0.25, -0.2) is 4.39 Å². The van der Waals surface area contributed by atoms with Gasteiger partial charge in [-0.2, -0.15) is 0 Å². The van der Waals surface area contributed by atoms with Crippen LogP contribution in [0.4, 0.5) is 4.39 Å². The Hall–Kier alpha value is -2.25. The van der Waals surface area contributed by atoms with Gasteiger partial charge in [0.25, 0.3) is 5.91 Å². The molecule has 1 heterocycles. The Morgan fingerprint density at radius 2 is 1.84 bits per heavy atom. The smallest absolute Gasteiger partial charge is 0.262 e. The van der Waals surface area contributed by atoms with E-state index in [1.165, 1.54) is 23.1 Å². The number of quaternary nitrogens is 1. The first kappa shape index (κ1) is 19.1. The van der Waals surface area contributed by atoms with Crippen LogP contribution in [0, 0.1) is 5.82 Å². The van der Waals surface area contributed by atoms with Crippen molar-refractivity contribution < 1.29 is 23.6 Å². The molecule has 1 saturated heterocycles. The van der Waals surface area contributed by atoms with Crippen LogP contribution in [0.5, 0.6) is 0 Å². The van der Waals surface area contributed by atoms with Gasteiger partial charge in [0.05, 0.1) is 13.0 Å². The van der Waals surface area contributed by atoms with E-state index in [-0.39, 0.29) is 23.9 Å². The van der Waals surface area contributed by atoms with Gasteiger partial charge in [0.1, 0.15) is 31.1 Å². The summed E-state index contributed by atoms with van der Waals surface area (Å²) in [6.45, 7) is 6.52. The van der Waals surface area contributed by atoms with Gasteiger partial charge in [0.2, 0.25) is 5.91 Å². The quantitative estimate of drug-likeness (QED) is 0.520. The van der Waals surface area contributed by atoms with Crippen molar-refractivity contribution in [2.45, 2.75) is 32.5 Å². The molecule has 2 amide bonds. The van der Waals surface area contributed by atoms with Crippen LogP contribution in [-0.4, -0.2) is 43.7 Å². The standard InChI is InChI=1S/C18H24FN3O3/c1-13-11-22(12-14(2)25-13)10-9-18(24)21-20-17(23)8-5-15-3-6-16(19)7-4-15/h3-8,13-14H,9-12H2,1-2H3,(H,20,23)(H,21,24)/p+1/b8-5+/t13-,14+. The fourth-order valence-electron chi connectivity index (χ4n) is 2.86. The molecule has 7 heteroatoms. The van der Waals surface area contributed by atoms with E-state index in [4.69, 9.17) is 4.74 Å². The van der Waals surface area contributed by atoms with E-state index in [2.05, 4.69) is 10.9 Å². The maximum atomic E-state index is 12.8. The van der Waals surface area contributed by atoms with Crippen molar-refractivity contribution in [3.63, 3.8) is 0 Å². The number of ether oxygens (including phenoxy) is 1. The first-order valence-corrected chi connectivity index (χ1v) is 8.44. The van der Waals surface area contributed by atoms with E-state index in [0.717, 1.165) is 13.1 Å². The maximum absolute atomic E-state index is 12.8. The van der Waals surface area contributed by atoms with Crippen molar-refractivity contribution >= 4 is 17.9 Å². The van der Waals surface area contributed by atoms with Gasteiger partial charge in [-0.3, -0.25) is 20.4 Å². The lowest BCUT2D eigenvalue weighted by atomic mass is 10.2. The second-order valence-corrected chi connectivity index (χ2v) is 6.34. The summed E-state index contributed by atoms with van der Waals surface area (Å²) in [7, 11) is 0. The molecular formula is C18H25FN3O3+. The van der Waals surface area contributed by atoms with Crippen LogP contribution < -0.4 is 15.8 Å². The predicted molar refractivity (Wildman–Crippen MR) is 91.9 cm³/mol. The second kappa shape index (κ2) is 9.29. The molecule has 136 valence electrons. The number of carbonyl (C=O) groups excluding carboxylic acids is 2. The summed E-state index contributed by atoms with van der Waals surface area (Å²) in [5.74, 6) is -1.01. The zero-order valence-corrected chi connectivity index (χ0v) is 14.5. The van der Waals surface area contributed by atoms with Crippen molar-refractivity contribution in [2.24, 2.45) is 0 Å². The fraction of sp³-hybridized carbons (Fsp3) is 0.444. The molecule has 1 aliphatic rings. The average Bonchev–Trinajstić information content (AvgIpc) is 2.57. The molecule has 1 aliphatic heterocycles. The van der Waals surface area contributed by atoms with E-state index in [1.54, 1.807) is 18.2 Å². The highest BCUT2D eigenvalue weighted by Gasteiger charge is 2.25. The molecule has 3 N–H and O–H groups in total. The average molecular weight is 350 g/mol. The topological polar surface area (TPSA) is 71.9 Å². The van der Waals surface area contributed by atoms with Gasteiger partial charge in [-0.1, -0.05) is 12.1 Å². The van der Waals surface area contributed by atoms with Crippen LogP contribution in [-0.2, 0) is 14.3 Å². The van der Waals surface area contributed by atoms with Gasteiger partial charge in [0.15, 0.2) is 0 Å². The van der Waals surface area contributed by atoms with Crippen LogP contribution in [0.25, 0.3) is 6.08 Å². The molecule has 25 heavy (non-hydrogen) atoms. The summed E-state index contributed by atoms with van der Waals surface area (Å²) in [5.41, 5.74) is 5.43. The molecule has 1 aromatic carbocycles. The van der Waals surface area contributed by atoms with Gasteiger partial charge < -0.3 is 9.64 Å². The van der Waals surface area contributed by atoms with E-state index < -0.39 is 5.91 Å². The molecule has 0 saturated carbocycles. The second-order valence-electron chi connectivity index (χ2n) is 6.34. The lowest BCUT2D eigenvalue weighted by Gasteiger charge is -2.32. The molecule has 0 radical (unpaired) electrons. The number of carbonyl (C=O) groups is 2. The monoisotopic (exact) mass is 350 g/mol. The van der Waals surface area contributed by atoms with Gasteiger partial charge in [-0.15, -0.1) is 0 Å². The van der Waals surface area contributed by atoms with Crippen molar-refractivity contribution in [3.8, 4) is 0 Å². The molecule has 0 aliphatic carbocycles. The minimum atomic E-state index is -0.446. The number of benzene rings is 1. The van der Waals surface area contributed by atoms with Crippen molar-refractivity contribution in [2.75, 3.05) is 19.6 Å². The molecule has 0 bridgehead atoms. The molecule has 2 rings (SSSR count). The highest BCUT2D eigenvalue weighted by atomic mass is 19.1. The summed E-state index contributed by atoms with van der Waals surface area (Å²) in [6, 6.07) is 5.75. The van der Waals surface area contributed by atoms with Gasteiger partial charge >= 0.3 is 0 Å². The van der Waals surface area contributed by atoms with Crippen molar-refractivity contribution in [1.29, 1.82) is 0 Å². The summed E-state index contributed by atoms with van der Waals surface area (Å²) < 4.78 is 18.5. The highest BCUT2D eigenvalue weighted by molar-refractivity contribution is 5.93. The van der Waals surface area contributed by atoms with Crippen LogP contribution in [0.3, 0.4) is 0 Å². The number of amides is 2. The maximum Gasteiger partial charge on any atom is 0.262 e. The third kappa shape index (κ3) is 7.03. The fourth-order valence-corrected chi connectivity index (χ4v) is 2.86. The van der Waals surface area contributed by atoms with E-state index in [9.17, 15) is 14.0 Å². The van der Waals surface area contributed by atoms with Crippen molar-refractivity contribution in [3.05, 3.63) is 41.7 Å². The zero-order valence-electron chi connectivity index (χ0n) is 14.5. The largest absolute Gasteiger partial charge is 0.364 e. The lowest BCUT2D eigenvalue weighted by Crippen LogP contribution is -3.15. The predicted octanol–water partition coefficient (Wildman–Crippen LogP) is 0.0685. The van der Waals surface area contributed by atoms with E-state index in [0.29, 0.717) is 18.5 Å². The summed E-state index contributed by atoms with van der Waals surface area (Å²) >= 11 is 0. The Kier molecular flexibility index (Phi) is 7.09. The van der Waals surface area contributed by atoms with E-state index >= 15 is 0 Å². The van der Waals surface area contributed by atoms with Crippen LogP contribution in [0.1, 0.15) is 25.8 Å². The zero-order chi connectivity index (χ0) is 18.2. The van der Waals surface area contributed by atoms with Gasteiger partial charge in [0, 0.05) is 6.08 Å². The lowest BCUT2D eigenvalue weighted by molar-refractivity contribution is -0.914. The number of nitrogens with one attached hydrogen (secondary N) is 3. The summed E-state index contributed by atoms with van der Waals surface area (Å²) in [4.78, 5) is 24.8.